The van der Waals surface area contributed by atoms with E-state index in [0.717, 1.165) is 22.6 Å². The molecule has 0 bridgehead atoms. The van der Waals surface area contributed by atoms with Crippen molar-refractivity contribution in [3.05, 3.63) is 70.6 Å². The van der Waals surface area contributed by atoms with E-state index < -0.39 is 11.7 Å². The number of anilines is 1. The minimum atomic E-state index is -0.702. The van der Waals surface area contributed by atoms with Crippen molar-refractivity contribution in [2.24, 2.45) is 5.92 Å². The van der Waals surface area contributed by atoms with Gasteiger partial charge in [0.15, 0.2) is 0 Å². The summed E-state index contributed by atoms with van der Waals surface area (Å²) in [5.74, 6) is -1.28. The fraction of sp³-hybridized carbons (Fsp3) is 0.419. The fourth-order valence-corrected chi connectivity index (χ4v) is 5.95. The highest BCUT2D eigenvalue weighted by Gasteiger charge is 2.32. The van der Waals surface area contributed by atoms with Crippen molar-refractivity contribution in [1.82, 2.24) is 19.6 Å². The van der Waals surface area contributed by atoms with Gasteiger partial charge in [0, 0.05) is 62.6 Å². The number of para-hydroxylation sites is 1. The number of nitrogens with one attached hydrogen (secondary N) is 1. The number of rotatable bonds is 9. The van der Waals surface area contributed by atoms with Crippen molar-refractivity contribution in [1.29, 1.82) is 0 Å². The van der Waals surface area contributed by atoms with Gasteiger partial charge in [0.25, 0.3) is 5.91 Å². The second kappa shape index (κ2) is 13.6. The number of hydrogen-bond donors (Lipinski definition) is 1. The molecular weight excluding hydrogens is 577 g/mol. The molecule has 3 aliphatic rings. The number of likely N-dealkylation sites (N-methyl/N-ethyl adjacent to an activating group) is 1. The van der Waals surface area contributed by atoms with Crippen LogP contribution in [0.5, 0.6) is 0 Å². The summed E-state index contributed by atoms with van der Waals surface area (Å²) in [7, 11) is 1.62. The third-order valence-electron chi connectivity index (χ3n) is 8.21. The van der Waals surface area contributed by atoms with Gasteiger partial charge < -0.3 is 29.7 Å². The average Bonchev–Trinajstić information content (AvgIpc) is 3.16. The van der Waals surface area contributed by atoms with Gasteiger partial charge >= 0.3 is 6.03 Å². The third-order valence-corrected chi connectivity index (χ3v) is 8.59. The Bertz CT molecular complexity index is 1410. The second-order valence-electron chi connectivity index (χ2n) is 11.2. The van der Waals surface area contributed by atoms with Crippen molar-refractivity contribution in [3.8, 4) is 0 Å². The maximum Gasteiger partial charge on any atom is 0.322 e. The van der Waals surface area contributed by atoms with E-state index in [2.05, 4.69) is 5.32 Å². The molecule has 0 saturated carbocycles. The van der Waals surface area contributed by atoms with Crippen LogP contribution in [-0.4, -0.2) is 103 Å². The smallest absolute Gasteiger partial charge is 0.322 e. The largest absolute Gasteiger partial charge is 0.381 e. The summed E-state index contributed by atoms with van der Waals surface area (Å²) in [6, 6.07) is 11.7. The van der Waals surface area contributed by atoms with Gasteiger partial charge in [0.2, 0.25) is 12.3 Å². The fourth-order valence-electron chi connectivity index (χ4n) is 5.72. The van der Waals surface area contributed by atoms with Gasteiger partial charge in [0.1, 0.15) is 12.4 Å². The summed E-state index contributed by atoms with van der Waals surface area (Å²) in [5, 5.41) is 2.75. The van der Waals surface area contributed by atoms with Gasteiger partial charge in [-0.05, 0) is 37.0 Å². The molecule has 1 N–H and O–H groups in total. The number of likely N-dealkylation sites (tertiary alicyclic amines) is 1. The van der Waals surface area contributed by atoms with E-state index in [0.29, 0.717) is 58.6 Å². The molecule has 0 radical (unpaired) electrons. The lowest BCUT2D eigenvalue weighted by Crippen LogP contribution is -2.51. The van der Waals surface area contributed by atoms with Crippen LogP contribution in [0.2, 0.25) is 5.02 Å². The number of benzene rings is 2. The Labute approximate surface area is 255 Å². The lowest BCUT2D eigenvalue weighted by Gasteiger charge is -2.38. The molecule has 2 saturated heterocycles. The highest BCUT2D eigenvalue weighted by Crippen LogP contribution is 2.29. The Balaban J connectivity index is 1.24. The van der Waals surface area contributed by atoms with Crippen LogP contribution >= 0.6 is 11.6 Å². The van der Waals surface area contributed by atoms with Crippen LogP contribution in [0.25, 0.3) is 5.57 Å². The van der Waals surface area contributed by atoms with Crippen LogP contribution < -0.4 is 5.32 Å². The number of urea groups is 1. The number of nitrogens with zero attached hydrogens (tertiary/aromatic N) is 4. The van der Waals surface area contributed by atoms with Crippen molar-refractivity contribution in [2.45, 2.75) is 25.3 Å². The Morgan fingerprint density at radius 3 is 2.56 bits per heavy atom. The van der Waals surface area contributed by atoms with E-state index in [1.165, 1.54) is 29.3 Å². The van der Waals surface area contributed by atoms with E-state index in [4.69, 9.17) is 16.3 Å². The quantitative estimate of drug-likeness (QED) is 0.346. The molecular formula is C31H35ClFN5O5. The van der Waals surface area contributed by atoms with Crippen LogP contribution in [0.3, 0.4) is 0 Å². The van der Waals surface area contributed by atoms with Crippen molar-refractivity contribution in [3.63, 3.8) is 0 Å². The second-order valence-corrected chi connectivity index (χ2v) is 11.5. The van der Waals surface area contributed by atoms with Gasteiger partial charge in [-0.3, -0.25) is 14.4 Å². The molecule has 0 atom stereocenters. The standard InChI is InChI=1S/C31H35ClFN5O5/c1-35(15-21-18-43-19-21)30(41)25(24-6-4-7-26(33)29(24)32)16-36(20-39)17-28(40)37-12-10-23(11-13-37)38-14-9-22-5-2-3-8-27(22)34-31(38)42/h2-8,16,20-21,23H,9-15,17-19H2,1H3,(H,34,42)/b25-16-. The maximum atomic E-state index is 14.4. The number of carbonyl (C=O) groups excluding carboxylic acids is 4. The summed E-state index contributed by atoms with van der Waals surface area (Å²) in [5.41, 5.74) is 2.04. The predicted molar refractivity (Wildman–Crippen MR) is 160 cm³/mol. The number of carbonyl (C=O) groups is 4. The molecule has 228 valence electrons. The molecule has 3 heterocycles. The Kier molecular flexibility index (Phi) is 9.62. The minimum Gasteiger partial charge on any atom is -0.381 e. The van der Waals surface area contributed by atoms with E-state index in [-0.39, 0.29) is 46.6 Å². The Morgan fingerprint density at radius 1 is 1.12 bits per heavy atom. The van der Waals surface area contributed by atoms with Crippen LogP contribution in [0.15, 0.2) is 48.7 Å². The molecule has 43 heavy (non-hydrogen) atoms. The molecule has 2 fully saturated rings. The molecule has 5 amide bonds. The van der Waals surface area contributed by atoms with Crippen LogP contribution in [0.4, 0.5) is 14.9 Å². The maximum absolute atomic E-state index is 14.4. The summed E-state index contributed by atoms with van der Waals surface area (Å²) < 4.78 is 19.6. The van der Waals surface area contributed by atoms with Gasteiger partial charge in [-0.25, -0.2) is 9.18 Å². The van der Waals surface area contributed by atoms with Gasteiger partial charge in [-0.2, -0.15) is 0 Å². The van der Waals surface area contributed by atoms with Crippen LogP contribution in [-0.2, 0) is 25.5 Å². The molecule has 0 spiro atoms. The predicted octanol–water partition coefficient (Wildman–Crippen LogP) is 3.46. The zero-order valence-electron chi connectivity index (χ0n) is 24.0. The van der Waals surface area contributed by atoms with Crippen LogP contribution in [0, 0.1) is 11.7 Å². The zero-order chi connectivity index (χ0) is 30.5. The Hall–Kier alpha value is -3.96. The van der Waals surface area contributed by atoms with E-state index in [1.54, 1.807) is 11.9 Å². The molecule has 0 aromatic heterocycles. The van der Waals surface area contributed by atoms with Gasteiger partial charge in [0.05, 0.1) is 23.8 Å². The first-order chi connectivity index (χ1) is 20.7. The van der Waals surface area contributed by atoms with Crippen molar-refractivity contribution >= 4 is 47.1 Å². The normalized spacial score (nSPS) is 17.8. The summed E-state index contributed by atoms with van der Waals surface area (Å²) >= 11 is 6.24. The highest BCUT2D eigenvalue weighted by atomic mass is 35.5. The number of piperidine rings is 1. The van der Waals surface area contributed by atoms with E-state index >= 15 is 0 Å². The molecule has 0 unspecified atom stereocenters. The summed E-state index contributed by atoms with van der Waals surface area (Å²) in [4.78, 5) is 57.9. The van der Waals surface area contributed by atoms with Crippen LogP contribution in [0.1, 0.15) is 24.0 Å². The minimum absolute atomic E-state index is 0.000905. The average molecular weight is 612 g/mol. The third kappa shape index (κ3) is 7.00. The summed E-state index contributed by atoms with van der Waals surface area (Å²) in [6.07, 6.45) is 3.67. The molecule has 2 aromatic rings. The molecule has 0 aliphatic carbocycles. The van der Waals surface area contributed by atoms with Crippen molar-refractivity contribution < 1.29 is 28.3 Å². The topological polar surface area (TPSA) is 102 Å². The molecule has 2 aromatic carbocycles. The Morgan fingerprint density at radius 2 is 1.86 bits per heavy atom. The highest BCUT2D eigenvalue weighted by molar-refractivity contribution is 6.35. The zero-order valence-corrected chi connectivity index (χ0v) is 24.8. The monoisotopic (exact) mass is 611 g/mol. The molecule has 5 rings (SSSR count). The number of ether oxygens (including phenoxy) is 1. The SMILES string of the molecule is CN(CC1COC1)C(=O)/C(=C\N(C=O)CC(=O)N1CCC(N2CCc3ccccc3NC2=O)CC1)c1cccc(F)c1Cl. The van der Waals surface area contributed by atoms with Crippen molar-refractivity contribution in [2.75, 3.05) is 58.3 Å². The molecule has 10 nitrogen and oxygen atoms in total. The molecule has 12 heteroatoms. The van der Waals surface area contributed by atoms with Gasteiger partial charge in [-0.15, -0.1) is 0 Å². The number of halogens is 2. The van der Waals surface area contributed by atoms with E-state index in [9.17, 15) is 23.6 Å². The van der Waals surface area contributed by atoms with E-state index in [1.807, 2.05) is 29.2 Å². The van der Waals surface area contributed by atoms with Gasteiger partial charge in [-0.1, -0.05) is 41.9 Å². The first-order valence-electron chi connectivity index (χ1n) is 14.4. The number of hydrogen-bond acceptors (Lipinski definition) is 5. The first-order valence-corrected chi connectivity index (χ1v) is 14.8. The molecule has 3 aliphatic heterocycles. The number of fused-ring (bicyclic) bond motifs is 1. The summed E-state index contributed by atoms with van der Waals surface area (Å²) in [6.45, 7) is 2.62. The lowest BCUT2D eigenvalue weighted by molar-refractivity contribution is -0.135. The lowest BCUT2D eigenvalue weighted by atomic mass is 10.0. The number of amides is 5. The first kappa shape index (κ1) is 30.5.